The van der Waals surface area contributed by atoms with Crippen LogP contribution in [0.3, 0.4) is 0 Å². The summed E-state index contributed by atoms with van der Waals surface area (Å²) in [6.07, 6.45) is 1.55. The van der Waals surface area contributed by atoms with Gasteiger partial charge in [-0.1, -0.05) is 30.3 Å². The molecule has 1 amide bonds. The number of halogens is 1. The summed E-state index contributed by atoms with van der Waals surface area (Å²) in [4.78, 5) is 14.3. The summed E-state index contributed by atoms with van der Waals surface area (Å²) in [6.45, 7) is 0.193. The van der Waals surface area contributed by atoms with Gasteiger partial charge in [-0.15, -0.1) is 0 Å². The van der Waals surface area contributed by atoms with E-state index in [1.54, 1.807) is 4.90 Å². The second-order valence-corrected chi connectivity index (χ2v) is 7.58. The zero-order valence-electron chi connectivity index (χ0n) is 15.3. The van der Waals surface area contributed by atoms with Gasteiger partial charge in [-0.05, 0) is 36.6 Å². The van der Waals surface area contributed by atoms with Gasteiger partial charge in [0.1, 0.15) is 12.4 Å². The van der Waals surface area contributed by atoms with Gasteiger partial charge in [-0.2, -0.15) is 5.26 Å². The van der Waals surface area contributed by atoms with E-state index in [9.17, 15) is 14.3 Å². The second kappa shape index (κ2) is 7.25. The van der Waals surface area contributed by atoms with E-state index in [2.05, 4.69) is 0 Å². The molecule has 2 aliphatic heterocycles. The largest absolute Gasteiger partial charge is 0.445 e. The van der Waals surface area contributed by atoms with Gasteiger partial charge >= 0.3 is 6.09 Å². The molecular weight excluding hydrogens is 359 g/mol. The van der Waals surface area contributed by atoms with Crippen LogP contribution < -0.4 is 0 Å². The minimum Gasteiger partial charge on any atom is -0.445 e. The summed E-state index contributed by atoms with van der Waals surface area (Å²) in [6, 6.07) is 15.0. The lowest BCUT2D eigenvalue weighted by molar-refractivity contribution is -0.0556. The van der Waals surface area contributed by atoms with Crippen LogP contribution in [0.1, 0.15) is 42.4 Å². The number of amides is 1. The van der Waals surface area contributed by atoms with Gasteiger partial charge in [-0.3, -0.25) is 0 Å². The van der Waals surface area contributed by atoms with Gasteiger partial charge in [0, 0.05) is 30.5 Å². The number of carbonyl (C=O) groups excluding carboxylic acids is 1. The molecule has 2 fully saturated rings. The summed E-state index contributed by atoms with van der Waals surface area (Å²) in [5.41, 5.74) is -0.0337. The smallest absolute Gasteiger partial charge is 0.410 e. The fraction of sp³-hybridized carbons (Fsp3) is 0.364. The molecule has 2 aromatic carbocycles. The zero-order valence-corrected chi connectivity index (χ0v) is 15.3. The van der Waals surface area contributed by atoms with Crippen molar-refractivity contribution in [3.63, 3.8) is 0 Å². The molecule has 28 heavy (non-hydrogen) atoms. The van der Waals surface area contributed by atoms with Gasteiger partial charge in [0.25, 0.3) is 0 Å². The van der Waals surface area contributed by atoms with Crippen molar-refractivity contribution in [3.8, 4) is 6.07 Å². The van der Waals surface area contributed by atoms with Gasteiger partial charge in [-0.25, -0.2) is 9.18 Å². The molecule has 1 N–H and O–H groups in total. The van der Waals surface area contributed by atoms with Crippen LogP contribution in [0.5, 0.6) is 0 Å². The molecule has 2 aliphatic rings. The fourth-order valence-electron chi connectivity index (χ4n) is 4.49. The molecule has 0 saturated carbocycles. The molecule has 2 bridgehead atoms. The molecule has 2 unspecified atom stereocenters. The van der Waals surface area contributed by atoms with Gasteiger partial charge < -0.3 is 14.7 Å². The van der Waals surface area contributed by atoms with Crippen molar-refractivity contribution in [1.29, 1.82) is 5.26 Å². The van der Waals surface area contributed by atoms with E-state index in [1.165, 1.54) is 18.2 Å². The maximum atomic E-state index is 14.4. The lowest BCUT2D eigenvalue weighted by Gasteiger charge is -2.43. The van der Waals surface area contributed by atoms with E-state index in [4.69, 9.17) is 10.00 Å². The SMILES string of the molecule is N#Cc1ccc(F)c(C2(O)CC3CCC(C2)N3C(=O)OCc2ccccc2)c1. The zero-order chi connectivity index (χ0) is 19.7. The fourth-order valence-corrected chi connectivity index (χ4v) is 4.49. The summed E-state index contributed by atoms with van der Waals surface area (Å²) in [5.74, 6) is -0.527. The third-order valence-corrected chi connectivity index (χ3v) is 5.78. The molecule has 6 heteroatoms. The Labute approximate surface area is 163 Å². The number of fused-ring (bicyclic) bond motifs is 2. The summed E-state index contributed by atoms with van der Waals surface area (Å²) in [5, 5.41) is 20.3. The first-order valence-corrected chi connectivity index (χ1v) is 9.42. The molecule has 2 aromatic rings. The molecule has 144 valence electrons. The number of benzene rings is 2. The molecular formula is C22H21FN2O3. The Bertz CT molecular complexity index is 911. The number of rotatable bonds is 3. The van der Waals surface area contributed by atoms with E-state index in [1.807, 2.05) is 36.4 Å². The van der Waals surface area contributed by atoms with Crippen LogP contribution in [0.4, 0.5) is 9.18 Å². The van der Waals surface area contributed by atoms with Gasteiger partial charge in [0.2, 0.25) is 0 Å². The lowest BCUT2D eigenvalue weighted by atomic mass is 9.80. The maximum Gasteiger partial charge on any atom is 0.410 e. The Morgan fingerprint density at radius 2 is 1.89 bits per heavy atom. The summed E-state index contributed by atoms with van der Waals surface area (Å²) >= 11 is 0. The van der Waals surface area contributed by atoms with Crippen LogP contribution in [0.15, 0.2) is 48.5 Å². The standard InChI is InChI=1S/C22H21FN2O3/c23-20-9-6-16(13-24)10-19(20)22(27)11-17-7-8-18(12-22)25(17)21(26)28-14-15-4-2-1-3-5-15/h1-6,9-10,17-18,27H,7-8,11-12,14H2. The van der Waals surface area contributed by atoms with Crippen LogP contribution >= 0.6 is 0 Å². The first-order chi connectivity index (χ1) is 13.5. The lowest BCUT2D eigenvalue weighted by Crippen LogP contribution is -2.52. The van der Waals surface area contributed by atoms with Crippen LogP contribution in [0, 0.1) is 17.1 Å². The first kappa shape index (κ1) is 18.5. The summed E-state index contributed by atoms with van der Waals surface area (Å²) < 4.78 is 19.9. The van der Waals surface area contributed by atoms with E-state index >= 15 is 0 Å². The van der Waals surface area contributed by atoms with Gasteiger partial charge in [0.05, 0.1) is 17.2 Å². The van der Waals surface area contributed by atoms with Crippen LogP contribution in [-0.2, 0) is 16.9 Å². The quantitative estimate of drug-likeness (QED) is 0.878. The number of nitrogens with zero attached hydrogens (tertiary/aromatic N) is 2. The monoisotopic (exact) mass is 380 g/mol. The highest BCUT2D eigenvalue weighted by Crippen LogP contribution is 2.46. The van der Waals surface area contributed by atoms with E-state index in [-0.39, 0.29) is 37.1 Å². The molecule has 5 nitrogen and oxygen atoms in total. The highest BCUT2D eigenvalue weighted by molar-refractivity contribution is 5.69. The van der Waals surface area contributed by atoms with Crippen molar-refractivity contribution in [3.05, 3.63) is 71.0 Å². The van der Waals surface area contributed by atoms with Crippen molar-refractivity contribution < 1.29 is 19.0 Å². The molecule has 2 heterocycles. The van der Waals surface area contributed by atoms with Crippen molar-refractivity contribution in [1.82, 2.24) is 4.90 Å². The number of hydrogen-bond acceptors (Lipinski definition) is 4. The highest BCUT2D eigenvalue weighted by Gasteiger charge is 2.51. The van der Waals surface area contributed by atoms with Crippen LogP contribution in [-0.4, -0.2) is 28.2 Å². The van der Waals surface area contributed by atoms with Gasteiger partial charge in [0.15, 0.2) is 0 Å². The van der Waals surface area contributed by atoms with Crippen molar-refractivity contribution in [2.24, 2.45) is 0 Å². The number of nitriles is 1. The number of carbonyl (C=O) groups is 1. The molecule has 0 spiro atoms. The third-order valence-electron chi connectivity index (χ3n) is 5.78. The van der Waals surface area contributed by atoms with Crippen molar-refractivity contribution in [2.45, 2.75) is 50.0 Å². The molecule has 2 atom stereocenters. The molecule has 4 rings (SSSR count). The summed E-state index contributed by atoms with van der Waals surface area (Å²) in [7, 11) is 0. The minimum absolute atomic E-state index is 0.140. The third kappa shape index (κ3) is 3.34. The topological polar surface area (TPSA) is 73.6 Å². The molecule has 0 aromatic heterocycles. The Morgan fingerprint density at radius 1 is 1.21 bits per heavy atom. The average molecular weight is 380 g/mol. The van der Waals surface area contributed by atoms with Crippen molar-refractivity contribution in [2.75, 3.05) is 0 Å². The second-order valence-electron chi connectivity index (χ2n) is 7.58. The maximum absolute atomic E-state index is 14.4. The van der Waals surface area contributed by atoms with Crippen LogP contribution in [0.2, 0.25) is 0 Å². The number of hydrogen-bond donors (Lipinski definition) is 1. The Morgan fingerprint density at radius 3 is 2.54 bits per heavy atom. The van der Waals surface area contributed by atoms with E-state index in [0.29, 0.717) is 5.56 Å². The van der Waals surface area contributed by atoms with E-state index < -0.39 is 17.5 Å². The minimum atomic E-state index is -1.39. The number of ether oxygens (including phenoxy) is 1. The predicted octanol–water partition coefficient (Wildman–Crippen LogP) is 3.85. The first-order valence-electron chi connectivity index (χ1n) is 9.42. The van der Waals surface area contributed by atoms with Crippen LogP contribution in [0.25, 0.3) is 0 Å². The Kier molecular flexibility index (Phi) is 4.78. The molecule has 0 radical (unpaired) electrons. The number of piperidine rings is 1. The normalized spacial score (nSPS) is 26.0. The predicted molar refractivity (Wildman–Crippen MR) is 99.5 cm³/mol. The number of aliphatic hydroxyl groups is 1. The Hall–Kier alpha value is -2.91. The molecule has 0 aliphatic carbocycles. The van der Waals surface area contributed by atoms with E-state index in [0.717, 1.165) is 18.4 Å². The Balaban J connectivity index is 1.50. The average Bonchev–Trinajstić information content (AvgIpc) is 2.99. The van der Waals surface area contributed by atoms with Crippen molar-refractivity contribution >= 4 is 6.09 Å². The molecule has 2 saturated heterocycles. The highest BCUT2D eigenvalue weighted by atomic mass is 19.1.